The van der Waals surface area contributed by atoms with Gasteiger partial charge in [0.25, 0.3) is 0 Å². The Balaban J connectivity index is 1.95. The summed E-state index contributed by atoms with van der Waals surface area (Å²) in [4.78, 5) is 4.96. The average molecular weight is 417 g/mol. The molecule has 6 nitrogen and oxygen atoms in total. The normalized spacial score (nSPS) is 12.2. The van der Waals surface area contributed by atoms with Crippen LogP contribution in [0.1, 0.15) is 16.0 Å². The van der Waals surface area contributed by atoms with Crippen molar-refractivity contribution >= 4 is 39.1 Å². The third-order valence-corrected chi connectivity index (χ3v) is 6.61. The number of benzene rings is 1. The molecule has 0 saturated carbocycles. The van der Waals surface area contributed by atoms with Gasteiger partial charge in [0.05, 0.1) is 6.54 Å². The summed E-state index contributed by atoms with van der Waals surface area (Å²) in [6.45, 7) is 0.920. The number of rotatable bonds is 7. The first-order valence-electron chi connectivity index (χ1n) is 7.65. The van der Waals surface area contributed by atoms with Crippen LogP contribution < -0.4 is 15.8 Å². The lowest BCUT2D eigenvalue weighted by molar-refractivity contribution is 0.600. The molecule has 142 valence electrons. The zero-order valence-electron chi connectivity index (χ0n) is 14.5. The highest BCUT2D eigenvalue weighted by Crippen LogP contribution is 2.20. The lowest BCUT2D eigenvalue weighted by atomic mass is 10.1. The fraction of sp³-hybridized carbons (Fsp3) is 0.312. The van der Waals surface area contributed by atoms with Crippen molar-refractivity contribution in [1.29, 1.82) is 0 Å². The van der Waals surface area contributed by atoms with Crippen LogP contribution in [-0.4, -0.2) is 27.7 Å². The Bertz CT molecular complexity index is 881. The molecule has 4 N–H and O–H groups in total. The third-order valence-electron chi connectivity index (χ3n) is 3.49. The first kappa shape index (κ1) is 20.7. The van der Waals surface area contributed by atoms with Crippen molar-refractivity contribution in [3.8, 4) is 0 Å². The molecule has 0 bridgehead atoms. The lowest BCUT2D eigenvalue weighted by Gasteiger charge is -2.14. The monoisotopic (exact) mass is 416 g/mol. The first-order chi connectivity index (χ1) is 12.3. The first-order valence-corrected chi connectivity index (χ1v) is 11.4. The summed E-state index contributed by atoms with van der Waals surface area (Å²) >= 11 is 2.75. The predicted molar refractivity (Wildman–Crippen MR) is 106 cm³/mol. The molecule has 0 amide bonds. The van der Waals surface area contributed by atoms with Gasteiger partial charge < -0.3 is 10.6 Å². The van der Waals surface area contributed by atoms with Gasteiger partial charge in [0, 0.05) is 24.2 Å². The van der Waals surface area contributed by atoms with Crippen molar-refractivity contribution in [2.24, 2.45) is 10.1 Å². The molecule has 2 rings (SSSR count). The maximum Gasteiger partial charge on any atom is 0.247 e. The second kappa shape index (κ2) is 9.36. The quantitative estimate of drug-likeness (QED) is 0.475. The number of hydrogen-bond donors (Lipinski definition) is 3. The zero-order chi connectivity index (χ0) is 19.2. The average Bonchev–Trinajstić information content (AvgIpc) is 3.06. The minimum absolute atomic E-state index is 0.130. The van der Waals surface area contributed by atoms with Crippen LogP contribution in [0, 0.1) is 5.82 Å². The second-order valence-electron chi connectivity index (χ2n) is 5.39. The predicted octanol–water partition coefficient (Wildman–Crippen LogP) is 2.26. The van der Waals surface area contributed by atoms with Gasteiger partial charge in [-0.25, -0.2) is 17.9 Å². The van der Waals surface area contributed by atoms with Crippen molar-refractivity contribution < 1.29 is 12.8 Å². The molecule has 0 atom stereocenters. The highest BCUT2D eigenvalue weighted by atomic mass is 32.2. The Labute approximate surface area is 161 Å². The van der Waals surface area contributed by atoms with E-state index in [-0.39, 0.29) is 10.0 Å². The maximum absolute atomic E-state index is 13.4. The minimum Gasteiger partial charge on any atom is -0.352 e. The van der Waals surface area contributed by atoms with E-state index in [0.29, 0.717) is 19.0 Å². The van der Waals surface area contributed by atoms with Gasteiger partial charge in [-0.3, -0.25) is 4.99 Å². The Morgan fingerprint density at radius 3 is 2.58 bits per heavy atom. The number of nitrogens with one attached hydrogen (secondary N) is 2. The van der Waals surface area contributed by atoms with Crippen LogP contribution in [0.3, 0.4) is 0 Å². The second-order valence-corrected chi connectivity index (χ2v) is 9.21. The Morgan fingerprint density at radius 2 is 1.96 bits per heavy atom. The number of primary sulfonamides is 1. The number of aliphatic imine (C=N–C) groups is 1. The van der Waals surface area contributed by atoms with E-state index in [1.807, 2.05) is 6.26 Å². The standard InChI is InChI=1S/C16H21FN4O2S3/c1-19-16(21-9-14-5-6-15(25-14)26(18,22)23)20-8-11-3-4-13(17)7-12(11)10-24-2/h3-7H,8-10H2,1-2H3,(H2,18,22,23)(H2,19,20,21). The number of nitrogens with two attached hydrogens (primary N) is 1. The SMILES string of the molecule is CN=C(NCc1ccc(S(N)(=O)=O)s1)NCc1ccc(F)cc1CSC. The number of thioether (sulfide) groups is 1. The molecule has 0 saturated heterocycles. The van der Waals surface area contributed by atoms with E-state index in [4.69, 9.17) is 5.14 Å². The number of sulfonamides is 1. The van der Waals surface area contributed by atoms with E-state index in [2.05, 4.69) is 15.6 Å². The molecule has 1 heterocycles. The molecule has 0 aliphatic rings. The van der Waals surface area contributed by atoms with Crippen LogP contribution >= 0.6 is 23.1 Å². The van der Waals surface area contributed by atoms with Crippen LogP contribution in [0.2, 0.25) is 0 Å². The molecule has 0 unspecified atom stereocenters. The minimum atomic E-state index is -3.67. The number of thiophene rings is 1. The van der Waals surface area contributed by atoms with E-state index in [9.17, 15) is 12.8 Å². The van der Waals surface area contributed by atoms with Gasteiger partial charge in [0.1, 0.15) is 10.0 Å². The van der Waals surface area contributed by atoms with Gasteiger partial charge in [-0.15, -0.1) is 11.3 Å². The molecule has 0 radical (unpaired) electrons. The van der Waals surface area contributed by atoms with Crippen LogP contribution in [0.4, 0.5) is 4.39 Å². The largest absolute Gasteiger partial charge is 0.352 e. The highest BCUT2D eigenvalue weighted by molar-refractivity contribution is 7.97. The van der Waals surface area contributed by atoms with Crippen molar-refractivity contribution in [2.75, 3.05) is 13.3 Å². The molecule has 10 heteroatoms. The number of nitrogens with zero attached hydrogens (tertiary/aromatic N) is 1. The molecule has 1 aromatic heterocycles. The zero-order valence-corrected chi connectivity index (χ0v) is 16.9. The molecule has 26 heavy (non-hydrogen) atoms. The van der Waals surface area contributed by atoms with E-state index in [0.717, 1.165) is 33.1 Å². The maximum atomic E-state index is 13.4. The molecule has 2 aromatic rings. The van der Waals surface area contributed by atoms with E-state index in [1.54, 1.807) is 37.0 Å². The van der Waals surface area contributed by atoms with Crippen molar-refractivity contribution in [1.82, 2.24) is 10.6 Å². The van der Waals surface area contributed by atoms with E-state index >= 15 is 0 Å². The van der Waals surface area contributed by atoms with Crippen molar-refractivity contribution in [3.63, 3.8) is 0 Å². The van der Waals surface area contributed by atoms with Gasteiger partial charge in [0.2, 0.25) is 10.0 Å². The van der Waals surface area contributed by atoms with Crippen LogP contribution in [0.25, 0.3) is 0 Å². The summed E-state index contributed by atoms with van der Waals surface area (Å²) in [6, 6.07) is 7.95. The van der Waals surface area contributed by atoms with Gasteiger partial charge in [-0.05, 0) is 41.6 Å². The van der Waals surface area contributed by atoms with Crippen molar-refractivity contribution in [2.45, 2.75) is 23.1 Å². The van der Waals surface area contributed by atoms with Gasteiger partial charge in [-0.1, -0.05) is 6.07 Å². The molecular weight excluding hydrogens is 395 g/mol. The van der Waals surface area contributed by atoms with Gasteiger partial charge in [0.15, 0.2) is 5.96 Å². The number of hydrogen-bond acceptors (Lipinski definition) is 5. The van der Waals surface area contributed by atoms with Crippen LogP contribution in [0.5, 0.6) is 0 Å². The fourth-order valence-corrected chi connectivity index (χ4v) is 4.53. The summed E-state index contributed by atoms with van der Waals surface area (Å²) in [6.07, 6.45) is 1.97. The van der Waals surface area contributed by atoms with E-state index in [1.165, 1.54) is 12.1 Å². The molecule has 0 spiro atoms. The van der Waals surface area contributed by atoms with Crippen LogP contribution in [-0.2, 0) is 28.9 Å². The Morgan fingerprint density at radius 1 is 1.23 bits per heavy atom. The molecule has 0 aliphatic heterocycles. The highest BCUT2D eigenvalue weighted by Gasteiger charge is 2.11. The topological polar surface area (TPSA) is 96.6 Å². The number of halogens is 1. The summed E-state index contributed by atoms with van der Waals surface area (Å²) in [5.74, 6) is 1.05. The summed E-state index contributed by atoms with van der Waals surface area (Å²) < 4.78 is 36.2. The summed E-state index contributed by atoms with van der Waals surface area (Å²) in [7, 11) is -2.03. The van der Waals surface area contributed by atoms with Crippen molar-refractivity contribution in [3.05, 3.63) is 52.2 Å². The Hall–Kier alpha value is -1.62. The van der Waals surface area contributed by atoms with E-state index < -0.39 is 10.0 Å². The summed E-state index contributed by atoms with van der Waals surface area (Å²) in [5.41, 5.74) is 1.94. The summed E-state index contributed by atoms with van der Waals surface area (Å²) in [5, 5.41) is 11.4. The molecule has 0 fully saturated rings. The smallest absolute Gasteiger partial charge is 0.247 e. The third kappa shape index (κ3) is 5.97. The van der Waals surface area contributed by atoms with Gasteiger partial charge >= 0.3 is 0 Å². The molecular formula is C16H21FN4O2S3. The van der Waals surface area contributed by atoms with Crippen LogP contribution in [0.15, 0.2) is 39.5 Å². The molecule has 0 aliphatic carbocycles. The lowest BCUT2D eigenvalue weighted by Crippen LogP contribution is -2.36. The molecule has 1 aromatic carbocycles. The number of guanidine groups is 1. The Kier molecular flexibility index (Phi) is 7.44. The van der Waals surface area contributed by atoms with Gasteiger partial charge in [-0.2, -0.15) is 11.8 Å². The fourth-order valence-electron chi connectivity index (χ4n) is 2.23.